The fourth-order valence-corrected chi connectivity index (χ4v) is 4.56. The molecule has 0 unspecified atom stereocenters. The lowest BCUT2D eigenvalue weighted by Gasteiger charge is -2.10. The first kappa shape index (κ1) is 21.5. The molecule has 5 rings (SSSR count). The molecule has 0 spiro atoms. The molecule has 168 valence electrons. The number of aromatic nitrogens is 3. The van der Waals surface area contributed by atoms with Crippen molar-refractivity contribution >= 4 is 33.1 Å². The topological polar surface area (TPSA) is 86.1 Å². The Hall–Kier alpha value is -4.30. The van der Waals surface area contributed by atoms with E-state index >= 15 is 0 Å². The van der Waals surface area contributed by atoms with Crippen LogP contribution in [0.5, 0.6) is 5.75 Å². The zero-order valence-electron chi connectivity index (χ0n) is 18.5. The summed E-state index contributed by atoms with van der Waals surface area (Å²) in [6.45, 7) is 1.95. The Labute approximate surface area is 199 Å². The van der Waals surface area contributed by atoms with Crippen LogP contribution in [0.25, 0.3) is 27.7 Å². The minimum absolute atomic E-state index is 0.151. The first-order chi connectivity index (χ1) is 16.5. The number of hydrogen-bond donors (Lipinski definition) is 1. The van der Waals surface area contributed by atoms with E-state index < -0.39 is 5.91 Å². The van der Waals surface area contributed by atoms with E-state index in [-0.39, 0.29) is 11.3 Å². The van der Waals surface area contributed by atoms with Gasteiger partial charge >= 0.3 is 0 Å². The Morgan fingerprint density at radius 2 is 1.62 bits per heavy atom. The summed E-state index contributed by atoms with van der Waals surface area (Å²) in [4.78, 5) is 32.0. The van der Waals surface area contributed by atoms with E-state index in [9.17, 15) is 9.59 Å². The third-order valence-electron chi connectivity index (χ3n) is 5.40. The largest absolute Gasteiger partial charge is 0.497 e. The van der Waals surface area contributed by atoms with Crippen molar-refractivity contribution in [2.45, 2.75) is 6.92 Å². The number of aryl methyl sites for hydroxylation is 1. The summed E-state index contributed by atoms with van der Waals surface area (Å²) < 4.78 is 6.48. The first-order valence-corrected chi connectivity index (χ1v) is 11.4. The van der Waals surface area contributed by atoms with Gasteiger partial charge < -0.3 is 4.74 Å². The van der Waals surface area contributed by atoms with Crippen molar-refractivity contribution < 1.29 is 9.53 Å². The van der Waals surface area contributed by atoms with E-state index in [4.69, 9.17) is 4.74 Å². The molecule has 0 saturated carbocycles. The fraction of sp³-hybridized carbons (Fsp3) is 0.0769. The maximum atomic E-state index is 13.3. The number of methoxy groups -OCH3 is 1. The van der Waals surface area contributed by atoms with E-state index in [1.165, 1.54) is 16.0 Å². The number of carbonyl (C=O) groups is 1. The number of hydrogen-bond acceptors (Lipinski definition) is 6. The monoisotopic (exact) mass is 468 g/mol. The highest BCUT2D eigenvalue weighted by Crippen LogP contribution is 2.31. The van der Waals surface area contributed by atoms with Gasteiger partial charge in [-0.2, -0.15) is 9.78 Å². The van der Waals surface area contributed by atoms with Crippen LogP contribution in [0.2, 0.25) is 0 Å². The Morgan fingerprint density at radius 3 is 2.32 bits per heavy atom. The normalized spacial score (nSPS) is 10.9. The molecule has 7 nitrogen and oxygen atoms in total. The molecule has 0 aliphatic carbocycles. The van der Waals surface area contributed by atoms with Crippen LogP contribution in [0, 0.1) is 6.92 Å². The molecular weight excluding hydrogens is 448 g/mol. The Kier molecular flexibility index (Phi) is 5.65. The van der Waals surface area contributed by atoms with Crippen molar-refractivity contribution in [1.82, 2.24) is 14.8 Å². The number of carbonyl (C=O) groups excluding carboxylic acids is 1. The van der Waals surface area contributed by atoms with Crippen LogP contribution >= 0.6 is 11.3 Å². The van der Waals surface area contributed by atoms with E-state index in [1.54, 1.807) is 43.5 Å². The lowest BCUT2D eigenvalue weighted by Crippen LogP contribution is -2.26. The number of anilines is 1. The SMILES string of the molecule is COc1ccc(-c2nc(NC(=O)c3nn(-c4ccccc4)c(=O)c4ccccc34)sc2C)cc1. The van der Waals surface area contributed by atoms with Gasteiger partial charge in [0, 0.05) is 15.8 Å². The third-order valence-corrected chi connectivity index (χ3v) is 6.29. The molecule has 0 saturated heterocycles. The predicted molar refractivity (Wildman–Crippen MR) is 134 cm³/mol. The van der Waals surface area contributed by atoms with Gasteiger partial charge in [-0.25, -0.2) is 4.98 Å². The molecule has 0 fully saturated rings. The molecule has 3 aromatic carbocycles. The van der Waals surface area contributed by atoms with Crippen molar-refractivity contribution in [1.29, 1.82) is 0 Å². The number of nitrogens with one attached hydrogen (secondary N) is 1. The molecule has 34 heavy (non-hydrogen) atoms. The predicted octanol–water partition coefficient (Wildman–Crippen LogP) is 5.08. The summed E-state index contributed by atoms with van der Waals surface area (Å²) in [7, 11) is 1.62. The zero-order chi connectivity index (χ0) is 23.7. The summed E-state index contributed by atoms with van der Waals surface area (Å²) in [5.41, 5.74) is 2.16. The Balaban J connectivity index is 1.53. The highest BCUT2D eigenvalue weighted by atomic mass is 32.1. The molecular formula is C26H20N4O3S. The highest BCUT2D eigenvalue weighted by Gasteiger charge is 2.19. The average molecular weight is 469 g/mol. The number of ether oxygens (including phenoxy) is 1. The first-order valence-electron chi connectivity index (χ1n) is 10.6. The minimum Gasteiger partial charge on any atom is -0.497 e. The second-order valence-corrected chi connectivity index (χ2v) is 8.76. The van der Waals surface area contributed by atoms with Gasteiger partial charge in [-0.3, -0.25) is 14.9 Å². The summed E-state index contributed by atoms with van der Waals surface area (Å²) in [5.74, 6) is 0.326. The maximum Gasteiger partial charge on any atom is 0.279 e. The molecule has 1 amide bonds. The molecule has 0 radical (unpaired) electrons. The van der Waals surface area contributed by atoms with Gasteiger partial charge in [0.2, 0.25) is 0 Å². The summed E-state index contributed by atoms with van der Waals surface area (Å²) in [5, 5.41) is 8.66. The fourth-order valence-electron chi connectivity index (χ4n) is 3.72. The lowest BCUT2D eigenvalue weighted by molar-refractivity contribution is 0.102. The van der Waals surface area contributed by atoms with Gasteiger partial charge in [-0.05, 0) is 49.4 Å². The maximum absolute atomic E-state index is 13.3. The molecule has 8 heteroatoms. The van der Waals surface area contributed by atoms with Crippen LogP contribution in [0.1, 0.15) is 15.4 Å². The molecule has 1 N–H and O–H groups in total. The third kappa shape index (κ3) is 3.95. The molecule has 0 aliphatic rings. The average Bonchev–Trinajstić information content (AvgIpc) is 3.24. The van der Waals surface area contributed by atoms with Gasteiger partial charge in [-0.1, -0.05) is 36.4 Å². The summed E-state index contributed by atoms with van der Waals surface area (Å²) in [6.07, 6.45) is 0. The van der Waals surface area contributed by atoms with Crippen molar-refractivity contribution in [2.24, 2.45) is 0 Å². The van der Waals surface area contributed by atoms with Crippen LogP contribution in [-0.2, 0) is 0 Å². The van der Waals surface area contributed by atoms with Gasteiger partial charge in [-0.15, -0.1) is 11.3 Å². The molecule has 0 aliphatic heterocycles. The quantitative estimate of drug-likeness (QED) is 0.389. The number of para-hydroxylation sites is 1. The smallest absolute Gasteiger partial charge is 0.279 e. The van der Waals surface area contributed by atoms with E-state index in [0.717, 1.165) is 21.9 Å². The second-order valence-electron chi connectivity index (χ2n) is 7.55. The number of rotatable bonds is 5. The van der Waals surface area contributed by atoms with Crippen LogP contribution in [0.4, 0.5) is 5.13 Å². The van der Waals surface area contributed by atoms with E-state index in [1.807, 2.05) is 49.4 Å². The molecule has 5 aromatic rings. The van der Waals surface area contributed by atoms with Crippen LogP contribution < -0.4 is 15.6 Å². The zero-order valence-corrected chi connectivity index (χ0v) is 19.3. The van der Waals surface area contributed by atoms with Gasteiger partial charge in [0.1, 0.15) is 5.75 Å². The molecule has 0 bridgehead atoms. The highest BCUT2D eigenvalue weighted by molar-refractivity contribution is 7.16. The molecule has 0 atom stereocenters. The van der Waals surface area contributed by atoms with Crippen molar-refractivity contribution in [3.63, 3.8) is 0 Å². The number of fused-ring (bicyclic) bond motifs is 1. The number of nitrogens with zero attached hydrogens (tertiary/aromatic N) is 3. The van der Waals surface area contributed by atoms with Gasteiger partial charge in [0.05, 0.1) is 23.9 Å². The number of benzene rings is 3. The second kappa shape index (κ2) is 8.92. The minimum atomic E-state index is -0.434. The van der Waals surface area contributed by atoms with Crippen LogP contribution in [0.3, 0.4) is 0 Å². The van der Waals surface area contributed by atoms with Crippen molar-refractivity contribution in [3.8, 4) is 22.7 Å². The summed E-state index contributed by atoms with van der Waals surface area (Å²) >= 11 is 1.38. The van der Waals surface area contributed by atoms with Gasteiger partial charge in [0.15, 0.2) is 10.8 Å². The number of thiazole rings is 1. The van der Waals surface area contributed by atoms with Crippen LogP contribution in [-0.4, -0.2) is 27.8 Å². The Morgan fingerprint density at radius 1 is 0.941 bits per heavy atom. The molecule has 2 heterocycles. The standard InChI is InChI=1S/C26H20N4O3S/c1-16-22(17-12-14-19(33-2)15-13-17)27-26(34-16)28-24(31)23-20-10-6-7-11-21(20)25(32)30(29-23)18-8-4-3-5-9-18/h3-15H,1-2H3,(H,27,28,31). The van der Waals surface area contributed by atoms with E-state index in [0.29, 0.717) is 21.6 Å². The Bertz CT molecular complexity index is 1560. The van der Waals surface area contributed by atoms with Crippen LogP contribution in [0.15, 0.2) is 83.7 Å². The molecule has 2 aromatic heterocycles. The lowest BCUT2D eigenvalue weighted by atomic mass is 10.1. The van der Waals surface area contributed by atoms with Crippen molar-refractivity contribution in [2.75, 3.05) is 12.4 Å². The number of amides is 1. The van der Waals surface area contributed by atoms with E-state index in [2.05, 4.69) is 15.4 Å². The van der Waals surface area contributed by atoms with Gasteiger partial charge in [0.25, 0.3) is 11.5 Å². The summed E-state index contributed by atoms with van der Waals surface area (Å²) in [6, 6.07) is 23.6. The van der Waals surface area contributed by atoms with Crippen molar-refractivity contribution in [3.05, 3.63) is 99.8 Å².